The Morgan fingerprint density at radius 2 is 2.13 bits per heavy atom. The maximum Gasteiger partial charge on any atom is 0.326 e. The van der Waals surface area contributed by atoms with Gasteiger partial charge in [0.05, 0.1) is 0 Å². The molecule has 1 aromatic carbocycles. The van der Waals surface area contributed by atoms with E-state index in [1.54, 1.807) is 4.72 Å². The zero-order valence-electron chi connectivity index (χ0n) is 12.3. The van der Waals surface area contributed by atoms with Crippen LogP contribution >= 0.6 is 0 Å². The van der Waals surface area contributed by atoms with Crippen LogP contribution in [-0.2, 0) is 15.0 Å². The largest absolute Gasteiger partial charge is 0.506 e. The Kier molecular flexibility index (Phi) is 3.77. The lowest BCUT2D eigenvalue weighted by molar-refractivity contribution is -0.117. The van der Waals surface area contributed by atoms with Crippen molar-refractivity contribution in [1.29, 1.82) is 0 Å². The van der Waals surface area contributed by atoms with E-state index in [0.29, 0.717) is 22.8 Å². The van der Waals surface area contributed by atoms with Crippen LogP contribution in [0.2, 0.25) is 0 Å². The number of phenolic OH excluding ortho intramolecular Hbond substituents is 1. The molecule has 124 valence electrons. The molecule has 0 spiro atoms. The fraction of sp³-hybridized carbons (Fsp3) is 0.357. The molecule has 0 saturated carbocycles. The highest BCUT2D eigenvalue weighted by Crippen LogP contribution is 2.37. The van der Waals surface area contributed by atoms with Gasteiger partial charge in [0.15, 0.2) is 5.82 Å². The van der Waals surface area contributed by atoms with E-state index < -0.39 is 39.9 Å². The van der Waals surface area contributed by atoms with Gasteiger partial charge in [-0.2, -0.15) is 8.42 Å². The van der Waals surface area contributed by atoms with Gasteiger partial charge in [0.25, 0.3) is 5.91 Å². The SMILES string of the molecule is CC1CC=C(c2ccc(O)c(N3CC(=O)NS3(=O)=O)c2F)CN1. The molecule has 1 aromatic rings. The monoisotopic (exact) mass is 341 g/mol. The molecule has 23 heavy (non-hydrogen) atoms. The van der Waals surface area contributed by atoms with Crippen LogP contribution < -0.4 is 14.3 Å². The Hall–Kier alpha value is -2.13. The van der Waals surface area contributed by atoms with Crippen LogP contribution in [0.5, 0.6) is 5.75 Å². The summed E-state index contributed by atoms with van der Waals surface area (Å²) in [4.78, 5) is 11.3. The van der Waals surface area contributed by atoms with Crippen molar-refractivity contribution < 1.29 is 22.7 Å². The second-order valence-electron chi connectivity index (χ2n) is 5.58. The third-order valence-electron chi connectivity index (χ3n) is 3.87. The predicted molar refractivity (Wildman–Crippen MR) is 82.5 cm³/mol. The number of rotatable bonds is 2. The van der Waals surface area contributed by atoms with E-state index in [1.165, 1.54) is 12.1 Å². The van der Waals surface area contributed by atoms with Gasteiger partial charge in [-0.05, 0) is 31.1 Å². The lowest BCUT2D eigenvalue weighted by atomic mass is 9.98. The number of phenols is 1. The average Bonchev–Trinajstić information content (AvgIpc) is 2.73. The van der Waals surface area contributed by atoms with Crippen LogP contribution in [0.3, 0.4) is 0 Å². The molecule has 1 unspecified atom stereocenters. The minimum absolute atomic E-state index is 0.201. The second kappa shape index (κ2) is 5.50. The van der Waals surface area contributed by atoms with Gasteiger partial charge < -0.3 is 10.4 Å². The highest BCUT2D eigenvalue weighted by molar-refractivity contribution is 7.92. The summed E-state index contributed by atoms with van der Waals surface area (Å²) >= 11 is 0. The smallest absolute Gasteiger partial charge is 0.326 e. The van der Waals surface area contributed by atoms with E-state index >= 15 is 0 Å². The van der Waals surface area contributed by atoms with Gasteiger partial charge in [-0.25, -0.2) is 13.4 Å². The van der Waals surface area contributed by atoms with Gasteiger partial charge in [0.2, 0.25) is 0 Å². The molecule has 0 aromatic heterocycles. The number of amides is 1. The van der Waals surface area contributed by atoms with Gasteiger partial charge in [0.1, 0.15) is 18.0 Å². The lowest BCUT2D eigenvalue weighted by Crippen LogP contribution is -2.32. The predicted octanol–water partition coefficient (Wildman–Crippen LogP) is 0.477. The molecule has 0 radical (unpaired) electrons. The summed E-state index contributed by atoms with van der Waals surface area (Å²) < 4.78 is 41.0. The maximum atomic E-state index is 14.9. The number of hydrogen-bond donors (Lipinski definition) is 3. The van der Waals surface area contributed by atoms with Crippen molar-refractivity contribution in [2.75, 3.05) is 17.4 Å². The fourth-order valence-corrected chi connectivity index (χ4v) is 3.81. The van der Waals surface area contributed by atoms with Crippen molar-refractivity contribution in [2.24, 2.45) is 0 Å². The van der Waals surface area contributed by atoms with Crippen LogP contribution in [0.25, 0.3) is 5.57 Å². The molecule has 0 aliphatic carbocycles. The normalized spacial score (nSPS) is 23.6. The Balaban J connectivity index is 2.09. The van der Waals surface area contributed by atoms with E-state index in [-0.39, 0.29) is 11.6 Å². The van der Waals surface area contributed by atoms with E-state index in [1.807, 2.05) is 13.0 Å². The van der Waals surface area contributed by atoms with Crippen LogP contribution in [0.15, 0.2) is 18.2 Å². The Labute approximate surface area is 133 Å². The Morgan fingerprint density at radius 3 is 2.70 bits per heavy atom. The standard InChI is InChI=1S/C14H16FN3O4S/c1-8-2-3-9(6-16-8)10-4-5-11(19)14(13(10)15)18-7-12(20)17-23(18,21)22/h3-5,8,16,19H,2,6-7H2,1H3,(H,17,20). The minimum Gasteiger partial charge on any atom is -0.506 e. The van der Waals surface area contributed by atoms with Crippen molar-refractivity contribution in [3.05, 3.63) is 29.6 Å². The topological polar surface area (TPSA) is 98.7 Å². The lowest BCUT2D eigenvalue weighted by Gasteiger charge is -2.23. The summed E-state index contributed by atoms with van der Waals surface area (Å²) in [6.45, 7) is 1.87. The molecule has 3 rings (SSSR count). The highest BCUT2D eigenvalue weighted by atomic mass is 32.2. The van der Waals surface area contributed by atoms with Crippen molar-refractivity contribution in [3.63, 3.8) is 0 Å². The molecule has 0 bridgehead atoms. The molecular weight excluding hydrogens is 325 g/mol. The highest BCUT2D eigenvalue weighted by Gasteiger charge is 2.38. The summed E-state index contributed by atoms with van der Waals surface area (Å²) in [5.41, 5.74) is 0.366. The molecule has 3 N–H and O–H groups in total. The van der Waals surface area contributed by atoms with Gasteiger partial charge in [-0.15, -0.1) is 0 Å². The molecule has 1 fully saturated rings. The molecule has 2 aliphatic heterocycles. The molecule has 9 heteroatoms. The van der Waals surface area contributed by atoms with Gasteiger partial charge >= 0.3 is 10.2 Å². The summed E-state index contributed by atoms with van der Waals surface area (Å²) in [5.74, 6) is -2.18. The number of benzene rings is 1. The van der Waals surface area contributed by atoms with E-state index in [2.05, 4.69) is 5.32 Å². The first-order valence-electron chi connectivity index (χ1n) is 7.07. The second-order valence-corrected chi connectivity index (χ2v) is 7.17. The van der Waals surface area contributed by atoms with Gasteiger partial charge in [-0.3, -0.25) is 4.79 Å². The van der Waals surface area contributed by atoms with Crippen molar-refractivity contribution in [2.45, 2.75) is 19.4 Å². The van der Waals surface area contributed by atoms with Crippen LogP contribution in [0, 0.1) is 5.82 Å². The quantitative estimate of drug-likeness (QED) is 0.727. The molecule has 2 aliphatic rings. The Morgan fingerprint density at radius 1 is 1.39 bits per heavy atom. The first-order valence-corrected chi connectivity index (χ1v) is 8.51. The van der Waals surface area contributed by atoms with E-state index in [0.717, 1.165) is 0 Å². The zero-order valence-corrected chi connectivity index (χ0v) is 13.2. The number of carbonyl (C=O) groups is 1. The zero-order chi connectivity index (χ0) is 16.8. The van der Waals surface area contributed by atoms with Crippen molar-refractivity contribution in [1.82, 2.24) is 10.0 Å². The average molecular weight is 341 g/mol. The van der Waals surface area contributed by atoms with Crippen LogP contribution in [-0.4, -0.2) is 38.6 Å². The maximum absolute atomic E-state index is 14.9. The van der Waals surface area contributed by atoms with E-state index in [9.17, 15) is 22.7 Å². The number of anilines is 1. The van der Waals surface area contributed by atoms with Crippen LogP contribution in [0.4, 0.5) is 10.1 Å². The molecular formula is C14H16FN3O4S. The number of halogens is 1. The van der Waals surface area contributed by atoms with Crippen molar-refractivity contribution >= 4 is 27.4 Å². The number of nitrogens with one attached hydrogen (secondary N) is 2. The summed E-state index contributed by atoms with van der Waals surface area (Å²) in [6, 6.07) is 2.90. The molecule has 1 saturated heterocycles. The summed E-state index contributed by atoms with van der Waals surface area (Å²) in [7, 11) is -4.19. The minimum atomic E-state index is -4.19. The molecule has 1 atom stereocenters. The first kappa shape index (κ1) is 15.8. The number of carbonyl (C=O) groups excluding carboxylic acids is 1. The molecule has 2 heterocycles. The third-order valence-corrected chi connectivity index (χ3v) is 5.25. The number of nitrogens with zero attached hydrogens (tertiary/aromatic N) is 1. The summed E-state index contributed by atoms with van der Waals surface area (Å²) in [5, 5.41) is 13.1. The summed E-state index contributed by atoms with van der Waals surface area (Å²) in [6.07, 6.45) is 2.59. The fourth-order valence-electron chi connectivity index (χ4n) is 2.65. The molecule has 7 nitrogen and oxygen atoms in total. The number of hydrogen-bond acceptors (Lipinski definition) is 5. The van der Waals surface area contributed by atoms with Crippen LogP contribution in [0.1, 0.15) is 18.9 Å². The first-order chi connectivity index (χ1) is 10.8. The molecule has 1 amide bonds. The number of aromatic hydroxyl groups is 1. The van der Waals surface area contributed by atoms with Gasteiger partial charge in [0, 0.05) is 18.2 Å². The van der Waals surface area contributed by atoms with Crippen molar-refractivity contribution in [3.8, 4) is 5.75 Å². The Bertz CT molecular complexity index is 806. The van der Waals surface area contributed by atoms with Gasteiger partial charge in [-0.1, -0.05) is 6.08 Å². The third kappa shape index (κ3) is 2.77. The van der Waals surface area contributed by atoms with E-state index in [4.69, 9.17) is 0 Å².